The Kier molecular flexibility index (Phi) is 5.29. The van der Waals surface area contributed by atoms with Gasteiger partial charge in [0.15, 0.2) is 5.76 Å². The lowest BCUT2D eigenvalue weighted by Crippen LogP contribution is -2.39. The van der Waals surface area contributed by atoms with Gasteiger partial charge in [0.2, 0.25) is 11.7 Å². The highest BCUT2D eigenvalue weighted by Gasteiger charge is 2.30. The number of furan rings is 1. The Morgan fingerprint density at radius 3 is 2.83 bits per heavy atom. The third-order valence-electron chi connectivity index (χ3n) is 5.31. The molecule has 3 aromatic rings. The highest BCUT2D eigenvalue weighted by molar-refractivity contribution is 7.17. The first-order valence-electron chi connectivity index (χ1n) is 9.64. The average Bonchev–Trinajstić information content (AvgIpc) is 3.35. The standard InChI is InChI=1S/C21H21N3O5S/c1-12-5-6-13-15(10-12)30-20(18(13)19(27)14-4-3-9-29-14)22-16(25)11-24-8-7-17(26)23(2)21(24)28/h3-4,7-9,12H,5-6,10-11H2,1-2H3,(H,22,25). The van der Waals surface area contributed by atoms with Crippen LogP contribution in [0.5, 0.6) is 0 Å². The number of aromatic nitrogens is 2. The number of ketones is 1. The van der Waals surface area contributed by atoms with E-state index < -0.39 is 17.2 Å². The van der Waals surface area contributed by atoms with Gasteiger partial charge in [-0.25, -0.2) is 4.79 Å². The number of carbonyl (C=O) groups is 2. The van der Waals surface area contributed by atoms with Crippen molar-refractivity contribution in [3.63, 3.8) is 0 Å². The number of nitrogens with one attached hydrogen (secondary N) is 1. The molecule has 3 heterocycles. The van der Waals surface area contributed by atoms with Gasteiger partial charge < -0.3 is 9.73 Å². The summed E-state index contributed by atoms with van der Waals surface area (Å²) in [6.07, 6.45) is 5.33. The van der Waals surface area contributed by atoms with Crippen LogP contribution in [0.4, 0.5) is 5.00 Å². The second-order valence-corrected chi connectivity index (χ2v) is 8.64. The average molecular weight is 427 g/mol. The summed E-state index contributed by atoms with van der Waals surface area (Å²) in [7, 11) is 1.35. The zero-order valence-corrected chi connectivity index (χ0v) is 17.5. The number of fused-ring (bicyclic) bond motifs is 1. The van der Waals surface area contributed by atoms with Crippen molar-refractivity contribution in [3.05, 3.63) is 73.3 Å². The minimum Gasteiger partial charge on any atom is -0.461 e. The molecule has 30 heavy (non-hydrogen) atoms. The second kappa shape index (κ2) is 7.91. The zero-order chi connectivity index (χ0) is 21.4. The summed E-state index contributed by atoms with van der Waals surface area (Å²) in [5.41, 5.74) is 0.416. The van der Waals surface area contributed by atoms with E-state index in [9.17, 15) is 19.2 Å². The number of hydrogen-bond acceptors (Lipinski definition) is 6. The molecule has 0 bridgehead atoms. The van der Waals surface area contributed by atoms with Crippen molar-refractivity contribution in [1.29, 1.82) is 0 Å². The molecule has 1 amide bonds. The van der Waals surface area contributed by atoms with Crippen LogP contribution in [0.1, 0.15) is 39.9 Å². The number of nitrogens with zero attached hydrogens (tertiary/aromatic N) is 2. The number of amides is 1. The second-order valence-electron chi connectivity index (χ2n) is 7.53. The first-order valence-corrected chi connectivity index (χ1v) is 10.5. The molecule has 0 aliphatic heterocycles. The van der Waals surface area contributed by atoms with E-state index >= 15 is 0 Å². The molecular weight excluding hydrogens is 406 g/mol. The van der Waals surface area contributed by atoms with Gasteiger partial charge in [0, 0.05) is 24.2 Å². The SMILES string of the molecule is CC1CCc2c(sc(NC(=O)Cn3ccc(=O)n(C)c3=O)c2C(=O)c2ccco2)C1. The number of rotatable bonds is 5. The molecule has 0 radical (unpaired) electrons. The molecule has 0 aromatic carbocycles. The molecule has 156 valence electrons. The van der Waals surface area contributed by atoms with Crippen molar-refractivity contribution in [3.8, 4) is 0 Å². The van der Waals surface area contributed by atoms with Gasteiger partial charge in [0.1, 0.15) is 11.5 Å². The molecule has 4 rings (SSSR count). The number of carbonyl (C=O) groups excluding carboxylic acids is 2. The summed E-state index contributed by atoms with van der Waals surface area (Å²) in [5.74, 6) is 0.0203. The van der Waals surface area contributed by atoms with Crippen LogP contribution in [0, 0.1) is 5.92 Å². The lowest BCUT2D eigenvalue weighted by Gasteiger charge is -2.18. The molecule has 8 nitrogen and oxygen atoms in total. The molecule has 0 saturated carbocycles. The van der Waals surface area contributed by atoms with E-state index in [0.717, 1.165) is 38.8 Å². The van der Waals surface area contributed by atoms with E-state index in [4.69, 9.17) is 4.42 Å². The molecule has 1 aliphatic carbocycles. The Morgan fingerprint density at radius 2 is 2.10 bits per heavy atom. The van der Waals surface area contributed by atoms with Crippen molar-refractivity contribution in [2.45, 2.75) is 32.7 Å². The van der Waals surface area contributed by atoms with Crippen LogP contribution in [-0.4, -0.2) is 20.8 Å². The smallest absolute Gasteiger partial charge is 0.331 e. The summed E-state index contributed by atoms with van der Waals surface area (Å²) >= 11 is 1.40. The van der Waals surface area contributed by atoms with E-state index in [1.54, 1.807) is 12.1 Å². The lowest BCUT2D eigenvalue weighted by molar-refractivity contribution is -0.116. The lowest BCUT2D eigenvalue weighted by atomic mass is 9.87. The molecule has 3 aromatic heterocycles. The van der Waals surface area contributed by atoms with Crippen molar-refractivity contribution < 1.29 is 14.0 Å². The van der Waals surface area contributed by atoms with Gasteiger partial charge >= 0.3 is 5.69 Å². The molecule has 0 fully saturated rings. The molecule has 1 unspecified atom stereocenters. The monoisotopic (exact) mass is 427 g/mol. The van der Waals surface area contributed by atoms with Crippen LogP contribution in [0.25, 0.3) is 0 Å². The largest absolute Gasteiger partial charge is 0.461 e. The highest BCUT2D eigenvalue weighted by atomic mass is 32.1. The number of anilines is 1. The predicted molar refractivity (Wildman–Crippen MR) is 112 cm³/mol. The highest BCUT2D eigenvalue weighted by Crippen LogP contribution is 2.40. The van der Waals surface area contributed by atoms with Crippen molar-refractivity contribution in [2.24, 2.45) is 13.0 Å². The van der Waals surface area contributed by atoms with Gasteiger partial charge in [0.25, 0.3) is 5.56 Å². The van der Waals surface area contributed by atoms with E-state index in [2.05, 4.69) is 12.2 Å². The molecule has 9 heteroatoms. The van der Waals surface area contributed by atoms with E-state index in [1.807, 2.05) is 0 Å². The quantitative estimate of drug-likeness (QED) is 0.629. The van der Waals surface area contributed by atoms with Crippen LogP contribution in [0.2, 0.25) is 0 Å². The molecule has 1 N–H and O–H groups in total. The topological polar surface area (TPSA) is 103 Å². The molecule has 1 aliphatic rings. The maximum Gasteiger partial charge on any atom is 0.331 e. The van der Waals surface area contributed by atoms with E-state index in [0.29, 0.717) is 16.5 Å². The summed E-state index contributed by atoms with van der Waals surface area (Å²) in [4.78, 5) is 50.6. The van der Waals surface area contributed by atoms with Gasteiger partial charge in [0.05, 0.1) is 11.8 Å². The summed E-state index contributed by atoms with van der Waals surface area (Å²) in [5, 5.41) is 3.28. The number of thiophene rings is 1. The first-order chi connectivity index (χ1) is 14.3. The fourth-order valence-corrected chi connectivity index (χ4v) is 5.09. The Hall–Kier alpha value is -3.20. The maximum atomic E-state index is 13.1. The summed E-state index contributed by atoms with van der Waals surface area (Å²) in [6, 6.07) is 4.48. The summed E-state index contributed by atoms with van der Waals surface area (Å²) < 4.78 is 7.38. The Bertz CT molecular complexity index is 1230. The number of hydrogen-bond donors (Lipinski definition) is 1. The van der Waals surface area contributed by atoms with Crippen molar-refractivity contribution in [2.75, 3.05) is 5.32 Å². The maximum absolute atomic E-state index is 13.1. The van der Waals surface area contributed by atoms with Gasteiger partial charge in [-0.15, -0.1) is 11.3 Å². The van der Waals surface area contributed by atoms with Crippen molar-refractivity contribution >= 4 is 28.0 Å². The summed E-state index contributed by atoms with van der Waals surface area (Å²) in [6.45, 7) is 1.90. The minimum atomic E-state index is -0.580. The van der Waals surface area contributed by atoms with Crippen LogP contribution in [0.15, 0.2) is 44.7 Å². The van der Waals surface area contributed by atoms with Gasteiger partial charge in [-0.05, 0) is 42.9 Å². The normalized spacial score (nSPS) is 15.6. The fraction of sp³-hybridized carbons (Fsp3) is 0.333. The van der Waals surface area contributed by atoms with Gasteiger partial charge in [-0.3, -0.25) is 23.5 Å². The third kappa shape index (κ3) is 3.68. The third-order valence-corrected chi connectivity index (χ3v) is 6.48. The van der Waals surface area contributed by atoms with Crippen LogP contribution < -0.4 is 16.6 Å². The Labute approximate surface area is 175 Å². The van der Waals surface area contributed by atoms with Gasteiger partial charge in [-0.2, -0.15) is 0 Å². The van der Waals surface area contributed by atoms with Crippen LogP contribution >= 0.6 is 11.3 Å². The zero-order valence-electron chi connectivity index (χ0n) is 16.6. The van der Waals surface area contributed by atoms with E-state index in [-0.39, 0.29) is 18.1 Å². The minimum absolute atomic E-state index is 0.221. The Balaban J connectivity index is 1.66. The predicted octanol–water partition coefficient (Wildman–Crippen LogP) is 2.20. The van der Waals surface area contributed by atoms with Crippen LogP contribution in [-0.2, 0) is 31.2 Å². The molecule has 0 spiro atoms. The first kappa shape index (κ1) is 20.1. The van der Waals surface area contributed by atoms with Crippen molar-refractivity contribution in [1.82, 2.24) is 9.13 Å². The van der Waals surface area contributed by atoms with Gasteiger partial charge in [-0.1, -0.05) is 6.92 Å². The molecule has 0 saturated heterocycles. The molecule has 1 atom stereocenters. The molecular formula is C21H21N3O5S. The Morgan fingerprint density at radius 1 is 1.30 bits per heavy atom. The van der Waals surface area contributed by atoms with E-state index in [1.165, 1.54) is 36.9 Å². The fourth-order valence-electron chi connectivity index (χ4n) is 3.67. The van der Waals surface area contributed by atoms with Crippen LogP contribution in [0.3, 0.4) is 0 Å².